The van der Waals surface area contributed by atoms with Crippen LogP contribution >= 0.6 is 23.2 Å². The van der Waals surface area contributed by atoms with E-state index in [9.17, 15) is 27.6 Å². The molecule has 2 aromatic rings. The van der Waals surface area contributed by atoms with Gasteiger partial charge in [0.15, 0.2) is 6.10 Å². The van der Waals surface area contributed by atoms with Crippen LogP contribution in [0, 0.1) is 0 Å². The van der Waals surface area contributed by atoms with Crippen molar-refractivity contribution in [2.24, 2.45) is 0 Å². The summed E-state index contributed by atoms with van der Waals surface area (Å²) in [5, 5.41) is 5.05. The SMILES string of the molecule is CC(OC(=O)CNC(=O)c1ccc(Cl)cc1Cl)C(=O)Nc1ccc(C(F)(F)F)cc1. The highest BCUT2D eigenvalue weighted by Gasteiger charge is 2.30. The zero-order valence-corrected chi connectivity index (χ0v) is 16.9. The maximum atomic E-state index is 12.5. The fourth-order valence-electron chi connectivity index (χ4n) is 2.20. The van der Waals surface area contributed by atoms with E-state index in [1.165, 1.54) is 25.1 Å². The number of benzene rings is 2. The van der Waals surface area contributed by atoms with Gasteiger partial charge in [0.25, 0.3) is 11.8 Å². The second-order valence-electron chi connectivity index (χ2n) is 6.00. The van der Waals surface area contributed by atoms with E-state index in [4.69, 9.17) is 27.9 Å². The van der Waals surface area contributed by atoms with Gasteiger partial charge in [0.2, 0.25) is 0 Å². The maximum absolute atomic E-state index is 12.5. The van der Waals surface area contributed by atoms with E-state index in [0.717, 1.165) is 24.3 Å². The molecule has 6 nitrogen and oxygen atoms in total. The van der Waals surface area contributed by atoms with Crippen LogP contribution in [0.1, 0.15) is 22.8 Å². The van der Waals surface area contributed by atoms with Gasteiger partial charge < -0.3 is 15.4 Å². The molecule has 0 aromatic heterocycles. The van der Waals surface area contributed by atoms with Gasteiger partial charge in [-0.05, 0) is 49.4 Å². The normalized spacial score (nSPS) is 12.1. The van der Waals surface area contributed by atoms with Gasteiger partial charge in [0, 0.05) is 10.7 Å². The van der Waals surface area contributed by atoms with Crippen molar-refractivity contribution in [1.29, 1.82) is 0 Å². The van der Waals surface area contributed by atoms with E-state index >= 15 is 0 Å². The van der Waals surface area contributed by atoms with E-state index in [1.54, 1.807) is 0 Å². The van der Waals surface area contributed by atoms with Crippen molar-refractivity contribution in [3.63, 3.8) is 0 Å². The molecule has 0 saturated heterocycles. The van der Waals surface area contributed by atoms with Gasteiger partial charge in [0.05, 0.1) is 16.1 Å². The predicted octanol–water partition coefficient (Wildman–Crippen LogP) is 4.31. The topological polar surface area (TPSA) is 84.5 Å². The molecule has 2 aromatic carbocycles. The molecule has 0 fully saturated rings. The molecule has 30 heavy (non-hydrogen) atoms. The molecule has 0 radical (unpaired) electrons. The molecule has 2 N–H and O–H groups in total. The zero-order chi connectivity index (χ0) is 22.5. The highest BCUT2D eigenvalue weighted by atomic mass is 35.5. The lowest BCUT2D eigenvalue weighted by Gasteiger charge is -2.14. The third kappa shape index (κ3) is 6.64. The quantitative estimate of drug-likeness (QED) is 0.626. The molecular weight excluding hydrogens is 448 g/mol. The molecule has 0 spiro atoms. The van der Waals surface area contributed by atoms with Crippen molar-refractivity contribution in [1.82, 2.24) is 5.32 Å². The molecule has 2 amide bonds. The van der Waals surface area contributed by atoms with Crippen LogP contribution in [0.2, 0.25) is 10.0 Å². The molecular formula is C19H15Cl2F3N2O4. The van der Waals surface area contributed by atoms with Gasteiger partial charge in [0.1, 0.15) is 6.54 Å². The molecule has 0 saturated carbocycles. The molecule has 0 bridgehead atoms. The minimum Gasteiger partial charge on any atom is -0.451 e. The first kappa shape index (κ1) is 23.5. The number of carbonyl (C=O) groups excluding carboxylic acids is 3. The van der Waals surface area contributed by atoms with Crippen LogP contribution in [0.3, 0.4) is 0 Å². The van der Waals surface area contributed by atoms with Crippen LogP contribution in [0.15, 0.2) is 42.5 Å². The average Bonchev–Trinajstić information content (AvgIpc) is 2.65. The minimum absolute atomic E-state index is 0.0951. The van der Waals surface area contributed by atoms with Crippen LogP contribution in [0.4, 0.5) is 18.9 Å². The highest BCUT2D eigenvalue weighted by Crippen LogP contribution is 2.29. The molecule has 2 rings (SSSR count). The smallest absolute Gasteiger partial charge is 0.416 e. The van der Waals surface area contributed by atoms with Gasteiger partial charge in [-0.15, -0.1) is 0 Å². The molecule has 0 aliphatic heterocycles. The first-order chi connectivity index (χ1) is 14.0. The van der Waals surface area contributed by atoms with Crippen LogP contribution in [-0.4, -0.2) is 30.4 Å². The van der Waals surface area contributed by atoms with Gasteiger partial charge in [-0.3, -0.25) is 14.4 Å². The number of hydrogen-bond donors (Lipinski definition) is 2. The first-order valence-electron chi connectivity index (χ1n) is 8.38. The predicted molar refractivity (Wildman–Crippen MR) is 104 cm³/mol. The summed E-state index contributed by atoms with van der Waals surface area (Å²) >= 11 is 11.6. The highest BCUT2D eigenvalue weighted by molar-refractivity contribution is 6.36. The average molecular weight is 463 g/mol. The van der Waals surface area contributed by atoms with Crippen LogP contribution in [-0.2, 0) is 20.5 Å². The Kier molecular flexibility index (Phi) is 7.69. The van der Waals surface area contributed by atoms with Crippen molar-refractivity contribution < 1.29 is 32.3 Å². The summed E-state index contributed by atoms with van der Waals surface area (Å²) in [6, 6.07) is 7.97. The summed E-state index contributed by atoms with van der Waals surface area (Å²) < 4.78 is 42.5. The number of anilines is 1. The molecule has 0 heterocycles. The third-order valence-electron chi connectivity index (χ3n) is 3.73. The zero-order valence-electron chi connectivity index (χ0n) is 15.3. The molecule has 0 aliphatic rings. The fraction of sp³-hybridized carbons (Fsp3) is 0.211. The number of halogens is 5. The van der Waals surface area contributed by atoms with Crippen LogP contribution in [0.25, 0.3) is 0 Å². The number of hydrogen-bond acceptors (Lipinski definition) is 4. The number of carbonyl (C=O) groups is 3. The Morgan fingerprint density at radius 1 is 1.07 bits per heavy atom. The van der Waals surface area contributed by atoms with Crippen molar-refractivity contribution in [2.45, 2.75) is 19.2 Å². The maximum Gasteiger partial charge on any atom is 0.416 e. The molecule has 160 valence electrons. The second-order valence-corrected chi connectivity index (χ2v) is 6.85. The summed E-state index contributed by atoms with van der Waals surface area (Å²) in [7, 11) is 0. The lowest BCUT2D eigenvalue weighted by Crippen LogP contribution is -2.35. The Balaban J connectivity index is 1.84. The largest absolute Gasteiger partial charge is 0.451 e. The summed E-state index contributed by atoms with van der Waals surface area (Å²) in [5.74, 6) is -2.30. The Labute approximate surface area is 179 Å². The Morgan fingerprint density at radius 2 is 1.70 bits per heavy atom. The number of rotatable bonds is 6. The van der Waals surface area contributed by atoms with Gasteiger partial charge in [-0.2, -0.15) is 13.2 Å². The summed E-state index contributed by atoms with van der Waals surface area (Å²) in [5.41, 5.74) is -0.667. The number of esters is 1. The van der Waals surface area contributed by atoms with E-state index in [0.29, 0.717) is 5.02 Å². The Bertz CT molecular complexity index is 950. The number of amides is 2. The lowest BCUT2D eigenvalue weighted by atomic mass is 10.2. The Morgan fingerprint density at radius 3 is 2.27 bits per heavy atom. The van der Waals surface area contributed by atoms with E-state index in [1.807, 2.05) is 0 Å². The first-order valence-corrected chi connectivity index (χ1v) is 9.14. The molecule has 0 aliphatic carbocycles. The number of alkyl halides is 3. The number of nitrogens with one attached hydrogen (secondary N) is 2. The monoisotopic (exact) mass is 462 g/mol. The third-order valence-corrected chi connectivity index (χ3v) is 4.27. The van der Waals surface area contributed by atoms with Crippen LogP contribution in [0.5, 0.6) is 0 Å². The minimum atomic E-state index is -4.49. The van der Waals surface area contributed by atoms with E-state index < -0.39 is 42.2 Å². The van der Waals surface area contributed by atoms with Crippen molar-refractivity contribution in [2.75, 3.05) is 11.9 Å². The van der Waals surface area contributed by atoms with Gasteiger partial charge >= 0.3 is 12.1 Å². The van der Waals surface area contributed by atoms with Crippen molar-refractivity contribution in [3.05, 3.63) is 63.6 Å². The molecule has 11 heteroatoms. The number of ether oxygens (including phenoxy) is 1. The fourth-order valence-corrected chi connectivity index (χ4v) is 2.69. The lowest BCUT2D eigenvalue weighted by molar-refractivity contribution is -0.152. The standard InChI is InChI=1S/C19H15Cl2F3N2O4/c1-10(17(28)26-13-5-2-11(3-6-13)19(22,23)24)30-16(27)9-25-18(29)14-7-4-12(20)8-15(14)21/h2-8,10H,9H2,1H3,(H,25,29)(H,26,28). The summed E-state index contributed by atoms with van der Waals surface area (Å²) in [6.45, 7) is 0.741. The van der Waals surface area contributed by atoms with E-state index in [-0.39, 0.29) is 16.3 Å². The van der Waals surface area contributed by atoms with Crippen LogP contribution < -0.4 is 10.6 Å². The van der Waals surface area contributed by atoms with E-state index in [2.05, 4.69) is 10.6 Å². The van der Waals surface area contributed by atoms with Gasteiger partial charge in [-0.1, -0.05) is 23.2 Å². The molecule has 1 atom stereocenters. The van der Waals surface area contributed by atoms with Gasteiger partial charge in [-0.25, -0.2) is 0 Å². The Hall–Kier alpha value is -2.78. The second kappa shape index (κ2) is 9.82. The van der Waals surface area contributed by atoms with Crippen molar-refractivity contribution >= 4 is 46.7 Å². The molecule has 1 unspecified atom stereocenters. The summed E-state index contributed by atoms with van der Waals surface area (Å²) in [4.78, 5) is 35.9. The summed E-state index contributed by atoms with van der Waals surface area (Å²) in [6.07, 6.45) is -5.75. The van der Waals surface area contributed by atoms with Crippen molar-refractivity contribution in [3.8, 4) is 0 Å².